The molecule has 2 atom stereocenters. The Kier molecular flexibility index (Phi) is 9.41. The third kappa shape index (κ3) is 7.18. The first-order valence-corrected chi connectivity index (χ1v) is 13.7. The van der Waals surface area contributed by atoms with Crippen LogP contribution in [0.2, 0.25) is 5.02 Å². The zero-order valence-electron chi connectivity index (χ0n) is 20.9. The number of benzene rings is 2. The maximum Gasteiger partial charge on any atom is 0.251 e. The van der Waals surface area contributed by atoms with E-state index in [4.69, 9.17) is 11.6 Å². The minimum Gasteiger partial charge on any atom is -0.350 e. The normalized spacial score (nSPS) is 21.8. The highest BCUT2D eigenvalue weighted by atomic mass is 35.5. The summed E-state index contributed by atoms with van der Waals surface area (Å²) < 4.78 is 0. The van der Waals surface area contributed by atoms with Crippen LogP contribution in [-0.2, 0) is 4.79 Å². The lowest BCUT2D eigenvalue weighted by Gasteiger charge is -2.30. The summed E-state index contributed by atoms with van der Waals surface area (Å²) in [7, 11) is 0. The number of rotatable bonds is 9. The number of carbonyl (C=O) groups is 2. The molecule has 35 heavy (non-hydrogen) atoms. The van der Waals surface area contributed by atoms with Gasteiger partial charge < -0.3 is 20.4 Å². The number of carbonyl (C=O) groups excluding carboxylic acids is 2. The molecular weight excluding hydrogens is 460 g/mol. The van der Waals surface area contributed by atoms with Gasteiger partial charge in [-0.3, -0.25) is 9.59 Å². The fourth-order valence-electron chi connectivity index (χ4n) is 5.19. The Bertz CT molecular complexity index is 1010. The maximum absolute atomic E-state index is 13.3. The zero-order chi connectivity index (χ0) is 24.6. The molecule has 2 heterocycles. The summed E-state index contributed by atoms with van der Waals surface area (Å²) in [6, 6.07) is 11.2. The van der Waals surface area contributed by atoms with Gasteiger partial charge in [-0.2, -0.15) is 0 Å². The minimum atomic E-state index is -0.191. The van der Waals surface area contributed by atoms with Gasteiger partial charge in [0.15, 0.2) is 0 Å². The van der Waals surface area contributed by atoms with Gasteiger partial charge >= 0.3 is 0 Å². The first-order chi connectivity index (χ1) is 17.0. The third-order valence-corrected chi connectivity index (χ3v) is 7.57. The number of unbranched alkanes of at least 4 members (excludes halogenated alkanes) is 1. The van der Waals surface area contributed by atoms with Crippen LogP contribution in [0.1, 0.15) is 62.2 Å². The molecule has 0 aliphatic carbocycles. The van der Waals surface area contributed by atoms with Gasteiger partial charge in [0.2, 0.25) is 5.91 Å². The number of hydrogen-bond acceptors (Lipinski definition) is 4. The van der Waals surface area contributed by atoms with Crippen molar-refractivity contribution in [3.8, 4) is 0 Å². The SMILES string of the molecule is CCCCN1CCC(CNC(=O)c2ccc3cc(Cl)ccc3c2)NC(CCN2CCCCC2)C1=O. The average Bonchev–Trinajstić information content (AvgIpc) is 3.03. The van der Waals surface area contributed by atoms with E-state index in [-0.39, 0.29) is 23.9 Å². The molecule has 2 aliphatic rings. The van der Waals surface area contributed by atoms with Gasteiger partial charge in [0.25, 0.3) is 5.91 Å². The van der Waals surface area contributed by atoms with E-state index < -0.39 is 0 Å². The van der Waals surface area contributed by atoms with Gasteiger partial charge in [0, 0.05) is 42.8 Å². The Balaban J connectivity index is 1.37. The molecule has 0 aromatic heterocycles. The highest BCUT2D eigenvalue weighted by Crippen LogP contribution is 2.21. The van der Waals surface area contributed by atoms with Crippen LogP contribution < -0.4 is 10.6 Å². The van der Waals surface area contributed by atoms with E-state index in [0.29, 0.717) is 17.1 Å². The van der Waals surface area contributed by atoms with Gasteiger partial charge in [0.05, 0.1) is 6.04 Å². The lowest BCUT2D eigenvalue weighted by molar-refractivity contribution is -0.133. The summed E-state index contributed by atoms with van der Waals surface area (Å²) in [4.78, 5) is 30.8. The highest BCUT2D eigenvalue weighted by molar-refractivity contribution is 6.31. The summed E-state index contributed by atoms with van der Waals surface area (Å²) in [6.07, 6.45) is 7.59. The molecule has 2 aliphatic heterocycles. The Morgan fingerprint density at radius 1 is 1.06 bits per heavy atom. The molecule has 2 aromatic rings. The molecular formula is C28H39ClN4O2. The van der Waals surface area contributed by atoms with E-state index in [1.54, 1.807) is 0 Å². The first-order valence-electron chi connectivity index (χ1n) is 13.3. The highest BCUT2D eigenvalue weighted by Gasteiger charge is 2.31. The second kappa shape index (κ2) is 12.7. The molecule has 0 saturated carbocycles. The number of piperidine rings is 1. The minimum absolute atomic E-state index is 0.0696. The number of halogens is 1. The monoisotopic (exact) mass is 498 g/mol. The zero-order valence-corrected chi connectivity index (χ0v) is 21.7. The number of nitrogens with zero attached hydrogens (tertiary/aromatic N) is 2. The van der Waals surface area contributed by atoms with Crippen molar-refractivity contribution in [2.75, 3.05) is 39.3 Å². The summed E-state index contributed by atoms with van der Waals surface area (Å²) in [6.45, 7) is 7.45. The Labute approximate surface area is 214 Å². The third-order valence-electron chi connectivity index (χ3n) is 7.33. The molecule has 2 amide bonds. The molecule has 7 heteroatoms. The van der Waals surface area contributed by atoms with Crippen molar-refractivity contribution in [2.45, 2.75) is 64.0 Å². The Morgan fingerprint density at radius 2 is 1.83 bits per heavy atom. The van der Waals surface area contributed by atoms with E-state index >= 15 is 0 Å². The fourth-order valence-corrected chi connectivity index (χ4v) is 5.37. The molecule has 2 fully saturated rings. The molecule has 0 spiro atoms. The molecule has 0 bridgehead atoms. The standard InChI is InChI=1S/C28H39ClN4O2/c1-2-3-15-33-17-11-25(31-26(28(33)35)12-16-32-13-5-4-6-14-32)20-30-27(34)23-8-7-22-19-24(29)10-9-21(22)18-23/h7-10,18-19,25-26,31H,2-6,11-17,20H2,1H3,(H,30,34). The van der Waals surface area contributed by atoms with Crippen LogP contribution in [0.25, 0.3) is 10.8 Å². The number of likely N-dealkylation sites (tertiary alicyclic amines) is 1. The smallest absolute Gasteiger partial charge is 0.251 e. The van der Waals surface area contributed by atoms with Gasteiger partial charge in [0.1, 0.15) is 0 Å². The first kappa shape index (κ1) is 25.9. The molecule has 0 radical (unpaired) electrons. The van der Waals surface area contributed by atoms with E-state index in [9.17, 15) is 9.59 Å². The molecule has 2 saturated heterocycles. The predicted octanol–water partition coefficient (Wildman–Crippen LogP) is 4.46. The van der Waals surface area contributed by atoms with E-state index in [1.807, 2.05) is 41.3 Å². The molecule has 190 valence electrons. The van der Waals surface area contributed by atoms with E-state index in [2.05, 4.69) is 22.5 Å². The summed E-state index contributed by atoms with van der Waals surface area (Å²) in [5.41, 5.74) is 0.635. The molecule has 4 rings (SSSR count). The van der Waals surface area contributed by atoms with Crippen LogP contribution in [0, 0.1) is 0 Å². The van der Waals surface area contributed by atoms with Crippen LogP contribution in [0.4, 0.5) is 0 Å². The summed E-state index contributed by atoms with van der Waals surface area (Å²) in [5, 5.41) is 9.40. The predicted molar refractivity (Wildman–Crippen MR) is 143 cm³/mol. The van der Waals surface area contributed by atoms with Gasteiger partial charge in [-0.1, -0.05) is 43.5 Å². The van der Waals surface area contributed by atoms with Crippen molar-refractivity contribution in [3.63, 3.8) is 0 Å². The topological polar surface area (TPSA) is 64.7 Å². The van der Waals surface area contributed by atoms with Crippen molar-refractivity contribution in [3.05, 3.63) is 47.0 Å². The van der Waals surface area contributed by atoms with Crippen molar-refractivity contribution < 1.29 is 9.59 Å². The number of hydrogen-bond donors (Lipinski definition) is 2. The van der Waals surface area contributed by atoms with Gasteiger partial charge in [-0.25, -0.2) is 0 Å². The Hall–Kier alpha value is -2.15. The van der Waals surface area contributed by atoms with E-state index in [1.165, 1.54) is 19.3 Å². The van der Waals surface area contributed by atoms with Crippen molar-refractivity contribution in [1.29, 1.82) is 0 Å². The molecule has 2 aromatic carbocycles. The largest absolute Gasteiger partial charge is 0.350 e. The van der Waals surface area contributed by atoms with Gasteiger partial charge in [-0.05, 0) is 80.2 Å². The summed E-state index contributed by atoms with van der Waals surface area (Å²) in [5.74, 6) is 0.129. The lowest BCUT2D eigenvalue weighted by atomic mass is 10.1. The second-order valence-corrected chi connectivity index (χ2v) is 10.4. The van der Waals surface area contributed by atoms with Crippen molar-refractivity contribution in [1.82, 2.24) is 20.4 Å². The fraction of sp³-hybridized carbons (Fsp3) is 0.571. The molecule has 6 nitrogen and oxygen atoms in total. The van der Waals surface area contributed by atoms with Crippen molar-refractivity contribution >= 4 is 34.2 Å². The van der Waals surface area contributed by atoms with Crippen LogP contribution in [-0.4, -0.2) is 73.0 Å². The van der Waals surface area contributed by atoms with Crippen LogP contribution in [0.15, 0.2) is 36.4 Å². The Morgan fingerprint density at radius 3 is 2.63 bits per heavy atom. The molecule has 2 unspecified atom stereocenters. The quantitative estimate of drug-likeness (QED) is 0.536. The number of nitrogens with one attached hydrogen (secondary N) is 2. The van der Waals surface area contributed by atoms with E-state index in [0.717, 1.165) is 69.2 Å². The molecule has 2 N–H and O–H groups in total. The van der Waals surface area contributed by atoms with Crippen LogP contribution in [0.5, 0.6) is 0 Å². The van der Waals surface area contributed by atoms with Gasteiger partial charge in [-0.15, -0.1) is 0 Å². The number of amides is 2. The number of fused-ring (bicyclic) bond motifs is 1. The summed E-state index contributed by atoms with van der Waals surface area (Å²) >= 11 is 6.08. The maximum atomic E-state index is 13.3. The van der Waals surface area contributed by atoms with Crippen LogP contribution in [0.3, 0.4) is 0 Å². The lowest BCUT2D eigenvalue weighted by Crippen LogP contribution is -2.50. The van der Waals surface area contributed by atoms with Crippen LogP contribution >= 0.6 is 11.6 Å². The second-order valence-electron chi connectivity index (χ2n) is 9.99. The average molecular weight is 499 g/mol. The van der Waals surface area contributed by atoms with Crippen molar-refractivity contribution in [2.24, 2.45) is 0 Å².